The summed E-state index contributed by atoms with van der Waals surface area (Å²) >= 11 is 0. The van der Waals surface area contributed by atoms with Crippen molar-refractivity contribution in [1.82, 2.24) is 5.32 Å². The van der Waals surface area contributed by atoms with Gasteiger partial charge in [0.05, 0.1) is 5.56 Å². The molecule has 0 aliphatic carbocycles. The van der Waals surface area contributed by atoms with Crippen LogP contribution in [0.25, 0.3) is 0 Å². The number of nitrogens with one attached hydrogen (secondary N) is 1. The Hall–Kier alpha value is -1.75. The summed E-state index contributed by atoms with van der Waals surface area (Å²) in [4.78, 5) is 13.7. The van der Waals surface area contributed by atoms with Gasteiger partial charge in [-0.2, -0.15) is 0 Å². The third kappa shape index (κ3) is 2.26. The number of anilines is 2. The van der Waals surface area contributed by atoms with Crippen LogP contribution in [0.4, 0.5) is 11.4 Å². The Morgan fingerprint density at radius 2 is 1.74 bits per heavy atom. The molecule has 1 aliphatic rings. The predicted molar refractivity (Wildman–Crippen MR) is 77.1 cm³/mol. The molecule has 0 aromatic heterocycles. The van der Waals surface area contributed by atoms with Gasteiger partial charge >= 0.3 is 5.97 Å². The van der Waals surface area contributed by atoms with Crippen LogP contribution < -0.4 is 16.0 Å². The molecule has 2 rings (SSSR count). The zero-order valence-corrected chi connectivity index (χ0v) is 11.7. The normalized spacial score (nSPS) is 15.6. The van der Waals surface area contributed by atoms with E-state index in [0.29, 0.717) is 16.8 Å². The van der Waals surface area contributed by atoms with Gasteiger partial charge in [0, 0.05) is 37.6 Å². The van der Waals surface area contributed by atoms with Crippen molar-refractivity contribution in [2.45, 2.75) is 20.8 Å². The quantitative estimate of drug-likeness (QED) is 0.701. The van der Waals surface area contributed by atoms with E-state index in [2.05, 4.69) is 10.2 Å². The lowest BCUT2D eigenvalue weighted by Gasteiger charge is -2.33. The lowest BCUT2D eigenvalue weighted by molar-refractivity contribution is 0.0695. The summed E-state index contributed by atoms with van der Waals surface area (Å²) in [5, 5.41) is 12.7. The zero-order chi connectivity index (χ0) is 14.2. The molecule has 1 aliphatic heterocycles. The molecule has 19 heavy (non-hydrogen) atoms. The zero-order valence-electron chi connectivity index (χ0n) is 11.7. The Morgan fingerprint density at radius 1 is 1.16 bits per heavy atom. The van der Waals surface area contributed by atoms with E-state index >= 15 is 0 Å². The molecule has 1 saturated heterocycles. The van der Waals surface area contributed by atoms with Crippen LogP contribution in [0.3, 0.4) is 0 Å². The van der Waals surface area contributed by atoms with E-state index in [9.17, 15) is 9.90 Å². The summed E-state index contributed by atoms with van der Waals surface area (Å²) in [5.74, 6) is -0.905. The van der Waals surface area contributed by atoms with Gasteiger partial charge in [-0.3, -0.25) is 0 Å². The minimum atomic E-state index is -0.905. The molecule has 104 valence electrons. The highest BCUT2D eigenvalue weighted by molar-refractivity contribution is 5.96. The fourth-order valence-corrected chi connectivity index (χ4v) is 2.91. The first-order chi connectivity index (χ1) is 8.95. The summed E-state index contributed by atoms with van der Waals surface area (Å²) in [7, 11) is 0. The maximum absolute atomic E-state index is 11.5. The third-order valence-corrected chi connectivity index (χ3v) is 3.92. The number of benzene rings is 1. The van der Waals surface area contributed by atoms with Crippen LogP contribution in [0.1, 0.15) is 27.0 Å². The van der Waals surface area contributed by atoms with E-state index in [0.717, 1.165) is 43.0 Å². The highest BCUT2D eigenvalue weighted by Crippen LogP contribution is 2.35. The molecule has 1 aromatic rings. The molecule has 0 unspecified atom stereocenters. The number of carboxylic acids is 1. The molecular formula is C14H21N3O2. The molecule has 1 heterocycles. The van der Waals surface area contributed by atoms with Crippen molar-refractivity contribution >= 4 is 17.3 Å². The first kappa shape index (κ1) is 13.7. The third-order valence-electron chi connectivity index (χ3n) is 3.92. The highest BCUT2D eigenvalue weighted by Gasteiger charge is 2.23. The van der Waals surface area contributed by atoms with Crippen LogP contribution in [0.15, 0.2) is 0 Å². The number of carbonyl (C=O) groups is 1. The first-order valence-electron chi connectivity index (χ1n) is 6.53. The molecule has 5 nitrogen and oxygen atoms in total. The number of piperazine rings is 1. The summed E-state index contributed by atoms with van der Waals surface area (Å²) in [6.45, 7) is 9.20. The van der Waals surface area contributed by atoms with E-state index in [-0.39, 0.29) is 0 Å². The van der Waals surface area contributed by atoms with E-state index in [1.54, 1.807) is 6.92 Å². The van der Waals surface area contributed by atoms with Crippen LogP contribution >= 0.6 is 0 Å². The van der Waals surface area contributed by atoms with Gasteiger partial charge in [-0.1, -0.05) is 0 Å². The van der Waals surface area contributed by atoms with Crippen molar-refractivity contribution in [1.29, 1.82) is 0 Å². The maximum atomic E-state index is 11.5. The Bertz CT molecular complexity index is 520. The second-order valence-electron chi connectivity index (χ2n) is 5.05. The summed E-state index contributed by atoms with van der Waals surface area (Å²) in [6, 6.07) is 0. The first-order valence-corrected chi connectivity index (χ1v) is 6.53. The Labute approximate surface area is 113 Å². The fraction of sp³-hybridized carbons (Fsp3) is 0.500. The Morgan fingerprint density at radius 3 is 2.26 bits per heavy atom. The van der Waals surface area contributed by atoms with Crippen molar-refractivity contribution < 1.29 is 9.90 Å². The van der Waals surface area contributed by atoms with Gasteiger partial charge in [-0.15, -0.1) is 0 Å². The molecular weight excluding hydrogens is 242 g/mol. The molecule has 0 spiro atoms. The SMILES string of the molecule is Cc1c(N)c(C)c(N2CCNCC2)c(C)c1C(=O)O. The molecule has 0 amide bonds. The van der Waals surface area contributed by atoms with Crippen molar-refractivity contribution in [2.75, 3.05) is 36.8 Å². The van der Waals surface area contributed by atoms with E-state index in [1.165, 1.54) is 0 Å². The van der Waals surface area contributed by atoms with Gasteiger partial charge in [0.2, 0.25) is 0 Å². The van der Waals surface area contributed by atoms with Crippen molar-refractivity contribution in [3.05, 3.63) is 22.3 Å². The summed E-state index contributed by atoms with van der Waals surface area (Å²) in [5.41, 5.74) is 10.5. The van der Waals surface area contributed by atoms with Crippen LogP contribution in [-0.2, 0) is 0 Å². The Balaban J connectivity index is 2.62. The molecule has 1 aromatic carbocycles. The lowest BCUT2D eigenvalue weighted by atomic mass is 9.94. The van der Waals surface area contributed by atoms with Gasteiger partial charge in [-0.05, 0) is 37.5 Å². The lowest BCUT2D eigenvalue weighted by Crippen LogP contribution is -2.44. The minimum Gasteiger partial charge on any atom is -0.478 e. The topological polar surface area (TPSA) is 78.6 Å². The molecule has 0 saturated carbocycles. The van der Waals surface area contributed by atoms with E-state index in [4.69, 9.17) is 5.73 Å². The Kier molecular flexibility index (Phi) is 3.66. The molecule has 4 N–H and O–H groups in total. The fourth-order valence-electron chi connectivity index (χ4n) is 2.91. The second kappa shape index (κ2) is 5.09. The van der Waals surface area contributed by atoms with Gasteiger partial charge in [0.1, 0.15) is 0 Å². The highest BCUT2D eigenvalue weighted by atomic mass is 16.4. The number of nitrogens with two attached hydrogens (primary N) is 1. The average Bonchev–Trinajstić information content (AvgIpc) is 2.37. The summed E-state index contributed by atoms with van der Waals surface area (Å²) < 4.78 is 0. The molecule has 5 heteroatoms. The number of nitrogens with zero attached hydrogens (tertiary/aromatic N) is 1. The van der Waals surface area contributed by atoms with Crippen LogP contribution in [0.5, 0.6) is 0 Å². The molecule has 0 radical (unpaired) electrons. The number of hydrogen-bond acceptors (Lipinski definition) is 4. The van der Waals surface area contributed by atoms with Crippen molar-refractivity contribution in [3.8, 4) is 0 Å². The predicted octanol–water partition coefficient (Wildman–Crippen LogP) is 1.30. The van der Waals surface area contributed by atoms with Gasteiger partial charge in [-0.25, -0.2) is 4.79 Å². The molecule has 0 bridgehead atoms. The largest absolute Gasteiger partial charge is 0.478 e. The number of aromatic carboxylic acids is 1. The van der Waals surface area contributed by atoms with E-state index in [1.807, 2.05) is 13.8 Å². The number of nitrogen functional groups attached to an aromatic ring is 1. The van der Waals surface area contributed by atoms with Crippen LogP contribution in [-0.4, -0.2) is 37.3 Å². The molecule has 1 fully saturated rings. The van der Waals surface area contributed by atoms with Crippen LogP contribution in [0.2, 0.25) is 0 Å². The standard InChI is InChI=1S/C14H21N3O2/c1-8-11(14(18)19)9(2)13(10(3)12(8)15)17-6-4-16-5-7-17/h16H,4-7,15H2,1-3H3,(H,18,19). The monoisotopic (exact) mass is 263 g/mol. The van der Waals surface area contributed by atoms with Gasteiger partial charge in [0.15, 0.2) is 0 Å². The van der Waals surface area contributed by atoms with Crippen molar-refractivity contribution in [3.63, 3.8) is 0 Å². The smallest absolute Gasteiger partial charge is 0.336 e. The summed E-state index contributed by atoms with van der Waals surface area (Å²) in [6.07, 6.45) is 0. The average molecular weight is 263 g/mol. The molecule has 0 atom stereocenters. The number of hydrogen-bond donors (Lipinski definition) is 3. The maximum Gasteiger partial charge on any atom is 0.336 e. The number of rotatable bonds is 2. The van der Waals surface area contributed by atoms with Crippen molar-refractivity contribution in [2.24, 2.45) is 0 Å². The number of carboxylic acid groups (broad SMARTS) is 1. The van der Waals surface area contributed by atoms with E-state index < -0.39 is 5.97 Å². The second-order valence-corrected chi connectivity index (χ2v) is 5.05. The van der Waals surface area contributed by atoms with Gasteiger partial charge in [0.25, 0.3) is 0 Å². The minimum absolute atomic E-state index is 0.344. The van der Waals surface area contributed by atoms with Gasteiger partial charge < -0.3 is 21.1 Å². The van der Waals surface area contributed by atoms with Crippen LogP contribution in [0, 0.1) is 20.8 Å².